The SMILES string of the molecule is C=CC=C.CC.CC(C)(C)c1ccc([S+](c2ccc(C(C)(C)C)cc2)c2ccc(C(C)(C)C)cc2)cc1. The summed E-state index contributed by atoms with van der Waals surface area (Å²) >= 11 is 0. The van der Waals surface area contributed by atoms with Crippen molar-refractivity contribution in [3.8, 4) is 0 Å². The van der Waals surface area contributed by atoms with E-state index in [-0.39, 0.29) is 27.1 Å². The molecule has 0 aliphatic carbocycles. The van der Waals surface area contributed by atoms with Crippen LogP contribution in [0.15, 0.2) is 113 Å². The minimum Gasteiger partial charge on any atom is -0.0991 e. The molecule has 0 amide bonds. The molecule has 200 valence electrons. The van der Waals surface area contributed by atoms with Crippen LogP contribution in [-0.2, 0) is 27.1 Å². The molecule has 0 saturated heterocycles. The van der Waals surface area contributed by atoms with Crippen LogP contribution >= 0.6 is 0 Å². The van der Waals surface area contributed by atoms with Crippen LogP contribution in [0.25, 0.3) is 0 Å². The second-order valence-electron chi connectivity index (χ2n) is 12.1. The van der Waals surface area contributed by atoms with E-state index in [1.807, 2.05) is 13.8 Å². The lowest BCUT2D eigenvalue weighted by molar-refractivity contribution is 0.589. The van der Waals surface area contributed by atoms with Gasteiger partial charge in [0.05, 0.1) is 10.9 Å². The van der Waals surface area contributed by atoms with Crippen molar-refractivity contribution in [1.82, 2.24) is 0 Å². The second kappa shape index (κ2) is 13.9. The summed E-state index contributed by atoms with van der Waals surface area (Å²) < 4.78 is 0. The topological polar surface area (TPSA) is 0 Å². The molecular weight excluding hydrogens is 464 g/mol. The third kappa shape index (κ3) is 9.71. The Morgan fingerprint density at radius 3 is 0.757 bits per heavy atom. The first-order valence-corrected chi connectivity index (χ1v) is 14.7. The Morgan fingerprint density at radius 1 is 0.432 bits per heavy atom. The zero-order valence-corrected chi connectivity index (χ0v) is 26.2. The molecule has 3 aromatic carbocycles. The molecular formula is C36H51S+. The highest BCUT2D eigenvalue weighted by Gasteiger charge is 2.30. The van der Waals surface area contributed by atoms with E-state index >= 15 is 0 Å². The molecule has 0 N–H and O–H groups in total. The van der Waals surface area contributed by atoms with Gasteiger partial charge in [-0.05, 0) is 69.3 Å². The molecule has 0 unspecified atom stereocenters. The third-order valence-electron chi connectivity index (χ3n) is 6.03. The highest BCUT2D eigenvalue weighted by molar-refractivity contribution is 7.97. The number of hydrogen-bond donors (Lipinski definition) is 0. The van der Waals surface area contributed by atoms with E-state index in [9.17, 15) is 0 Å². The molecule has 0 radical (unpaired) electrons. The van der Waals surface area contributed by atoms with Gasteiger partial charge in [0.2, 0.25) is 0 Å². The monoisotopic (exact) mass is 515 g/mol. The first-order chi connectivity index (χ1) is 17.2. The van der Waals surface area contributed by atoms with E-state index < -0.39 is 0 Å². The summed E-state index contributed by atoms with van der Waals surface area (Å²) in [5, 5.41) is 0. The zero-order chi connectivity index (χ0) is 28.4. The van der Waals surface area contributed by atoms with Crippen molar-refractivity contribution in [2.24, 2.45) is 0 Å². The number of hydrogen-bond acceptors (Lipinski definition) is 0. The van der Waals surface area contributed by atoms with Crippen molar-refractivity contribution in [3.63, 3.8) is 0 Å². The Kier molecular flexibility index (Phi) is 12.2. The fourth-order valence-corrected chi connectivity index (χ4v) is 5.72. The summed E-state index contributed by atoms with van der Waals surface area (Å²) in [4.78, 5) is 4.13. The van der Waals surface area contributed by atoms with E-state index in [1.54, 1.807) is 12.2 Å². The third-order valence-corrected chi connectivity index (χ3v) is 8.27. The maximum absolute atomic E-state index is 3.36. The molecule has 1 heteroatoms. The standard InChI is InChI=1S/C30H39S.C4H6.C2H6/c1-28(2,3)22-10-16-25(17-11-22)31(26-18-12-23(13-19-26)29(4,5)6)27-20-14-24(15-21-27)30(7,8)9;1-3-4-2;1-2/h10-21H,1-9H3;3-4H,1-2H2;1-2H3/q+1;;. The average molecular weight is 516 g/mol. The van der Waals surface area contributed by atoms with Crippen LogP contribution in [0.1, 0.15) is 92.9 Å². The van der Waals surface area contributed by atoms with Gasteiger partial charge in [0.25, 0.3) is 0 Å². The van der Waals surface area contributed by atoms with E-state index in [2.05, 4.69) is 148 Å². The fourth-order valence-electron chi connectivity index (χ4n) is 3.68. The van der Waals surface area contributed by atoms with E-state index in [1.165, 1.54) is 31.4 Å². The Morgan fingerprint density at radius 2 is 0.622 bits per heavy atom. The minimum atomic E-state index is -0.120. The van der Waals surface area contributed by atoms with Crippen LogP contribution in [0.5, 0.6) is 0 Å². The Balaban J connectivity index is 0.00000104. The summed E-state index contributed by atoms with van der Waals surface area (Å²) in [7, 11) is -0.120. The smallest absolute Gasteiger partial charge is 0.0991 e. The largest absolute Gasteiger partial charge is 0.166 e. The van der Waals surface area contributed by atoms with Crippen LogP contribution in [0, 0.1) is 0 Å². The number of benzene rings is 3. The zero-order valence-electron chi connectivity index (χ0n) is 25.4. The van der Waals surface area contributed by atoms with Crippen LogP contribution in [0.3, 0.4) is 0 Å². The molecule has 0 spiro atoms. The Hall–Kier alpha value is -2.51. The molecule has 0 saturated carbocycles. The van der Waals surface area contributed by atoms with Crippen molar-refractivity contribution < 1.29 is 0 Å². The molecule has 3 rings (SSSR count). The molecule has 0 fully saturated rings. The van der Waals surface area contributed by atoms with Crippen molar-refractivity contribution in [2.75, 3.05) is 0 Å². The van der Waals surface area contributed by atoms with Crippen molar-refractivity contribution in [3.05, 3.63) is 115 Å². The summed E-state index contributed by atoms with van der Waals surface area (Å²) in [6.07, 6.45) is 3.28. The van der Waals surface area contributed by atoms with Gasteiger partial charge in [0.15, 0.2) is 14.7 Å². The summed E-state index contributed by atoms with van der Waals surface area (Å²) in [6.45, 7) is 31.2. The lowest BCUT2D eigenvalue weighted by Crippen LogP contribution is -2.13. The van der Waals surface area contributed by atoms with Crippen molar-refractivity contribution in [2.45, 2.75) is 107 Å². The van der Waals surface area contributed by atoms with Crippen molar-refractivity contribution >= 4 is 10.9 Å². The quantitative estimate of drug-likeness (QED) is 0.239. The highest BCUT2D eigenvalue weighted by atomic mass is 32.2. The molecule has 0 heterocycles. The molecule has 0 atom stereocenters. The molecule has 3 aromatic rings. The predicted octanol–water partition coefficient (Wildman–Crippen LogP) is 11.1. The maximum atomic E-state index is 3.36. The second-order valence-corrected chi connectivity index (χ2v) is 14.1. The van der Waals surface area contributed by atoms with Gasteiger partial charge in [-0.2, -0.15) is 0 Å². The highest BCUT2D eigenvalue weighted by Crippen LogP contribution is 2.35. The first-order valence-electron chi connectivity index (χ1n) is 13.5. The van der Waals surface area contributed by atoms with Crippen molar-refractivity contribution in [1.29, 1.82) is 0 Å². The normalized spacial score (nSPS) is 11.6. The summed E-state index contributed by atoms with van der Waals surface area (Å²) in [6, 6.07) is 27.8. The summed E-state index contributed by atoms with van der Waals surface area (Å²) in [5.74, 6) is 0. The van der Waals surface area contributed by atoms with Crippen LogP contribution in [0.2, 0.25) is 0 Å². The van der Waals surface area contributed by atoms with Gasteiger partial charge in [0, 0.05) is 0 Å². The predicted molar refractivity (Wildman–Crippen MR) is 169 cm³/mol. The molecule has 0 nitrogen and oxygen atoms in total. The minimum absolute atomic E-state index is 0.120. The van der Waals surface area contributed by atoms with Gasteiger partial charge in [-0.25, -0.2) is 0 Å². The van der Waals surface area contributed by atoms with E-state index in [0.29, 0.717) is 0 Å². The van der Waals surface area contributed by atoms with Gasteiger partial charge >= 0.3 is 0 Å². The lowest BCUT2D eigenvalue weighted by atomic mass is 9.87. The summed E-state index contributed by atoms with van der Waals surface area (Å²) in [5.41, 5.74) is 4.64. The van der Waals surface area contributed by atoms with E-state index in [4.69, 9.17) is 0 Å². The van der Waals surface area contributed by atoms with Crippen LogP contribution in [0.4, 0.5) is 0 Å². The van der Waals surface area contributed by atoms with Gasteiger partial charge in [0.1, 0.15) is 0 Å². The van der Waals surface area contributed by atoms with Gasteiger partial charge in [-0.3, -0.25) is 0 Å². The molecule has 0 bridgehead atoms. The maximum Gasteiger partial charge on any atom is 0.166 e. The average Bonchev–Trinajstić information content (AvgIpc) is 2.85. The van der Waals surface area contributed by atoms with Gasteiger partial charge < -0.3 is 0 Å². The lowest BCUT2D eigenvalue weighted by Gasteiger charge is -2.21. The van der Waals surface area contributed by atoms with Crippen LogP contribution in [-0.4, -0.2) is 0 Å². The molecule has 37 heavy (non-hydrogen) atoms. The van der Waals surface area contributed by atoms with E-state index in [0.717, 1.165) is 0 Å². The molecule has 0 aliphatic rings. The number of allylic oxidation sites excluding steroid dienone is 2. The molecule has 0 aliphatic heterocycles. The van der Waals surface area contributed by atoms with Crippen LogP contribution < -0.4 is 0 Å². The fraction of sp³-hybridized carbons (Fsp3) is 0.389. The number of rotatable bonds is 4. The Labute approximate surface area is 232 Å². The molecule has 0 aromatic heterocycles. The van der Waals surface area contributed by atoms with Gasteiger partial charge in [-0.15, -0.1) is 0 Å². The Bertz CT molecular complexity index is 936. The first kappa shape index (κ1) is 32.5. The van der Waals surface area contributed by atoms with Gasteiger partial charge in [-0.1, -0.05) is 138 Å².